The summed E-state index contributed by atoms with van der Waals surface area (Å²) >= 11 is 0. The molecule has 1 saturated heterocycles. The van der Waals surface area contributed by atoms with Crippen LogP contribution in [0.2, 0.25) is 0 Å². The highest BCUT2D eigenvalue weighted by Gasteiger charge is 2.59. The number of hydrogen-bond acceptors (Lipinski definition) is 3. The predicted molar refractivity (Wildman–Crippen MR) is 96.2 cm³/mol. The number of aryl methyl sites for hydroxylation is 1. The lowest BCUT2D eigenvalue weighted by molar-refractivity contribution is -0.143. The fourth-order valence-electron chi connectivity index (χ4n) is 5.29. The van der Waals surface area contributed by atoms with E-state index in [-0.39, 0.29) is 47.9 Å². The number of nitrogens with zero attached hydrogens (tertiary/aromatic N) is 2. The maximum absolute atomic E-state index is 13.0. The molecule has 1 aromatic rings. The smallest absolute Gasteiger partial charge is 0.247 e. The lowest BCUT2D eigenvalue weighted by atomic mass is 9.85. The van der Waals surface area contributed by atoms with E-state index >= 15 is 0 Å². The minimum atomic E-state index is -0.235. The van der Waals surface area contributed by atoms with Gasteiger partial charge in [-0.3, -0.25) is 19.3 Å². The van der Waals surface area contributed by atoms with Crippen LogP contribution in [-0.2, 0) is 20.8 Å². The highest BCUT2D eigenvalue weighted by atomic mass is 16.2. The number of amides is 3. The molecule has 3 amide bonds. The highest BCUT2D eigenvalue weighted by Crippen LogP contribution is 2.52. The summed E-state index contributed by atoms with van der Waals surface area (Å²) < 4.78 is 0. The Balaban J connectivity index is 1.38. The van der Waals surface area contributed by atoms with Crippen molar-refractivity contribution in [2.24, 2.45) is 23.7 Å². The molecule has 5 rings (SSSR count). The van der Waals surface area contributed by atoms with Crippen LogP contribution in [0.5, 0.6) is 0 Å². The van der Waals surface area contributed by atoms with E-state index in [0.717, 1.165) is 36.9 Å². The summed E-state index contributed by atoms with van der Waals surface area (Å²) in [4.78, 5) is 41.7. The highest BCUT2D eigenvalue weighted by molar-refractivity contribution is 6.10. The molecular weight excluding hydrogens is 328 g/mol. The van der Waals surface area contributed by atoms with E-state index in [0.29, 0.717) is 6.54 Å². The number of carbonyl (C=O) groups is 3. The second kappa shape index (κ2) is 5.79. The van der Waals surface area contributed by atoms with Gasteiger partial charge in [0.15, 0.2) is 0 Å². The molecule has 4 atom stereocenters. The third kappa shape index (κ3) is 2.19. The van der Waals surface area contributed by atoms with Crippen LogP contribution in [0.1, 0.15) is 24.8 Å². The van der Waals surface area contributed by atoms with Crippen molar-refractivity contribution in [1.29, 1.82) is 0 Å². The lowest BCUT2D eigenvalue weighted by Crippen LogP contribution is -2.44. The van der Waals surface area contributed by atoms with Gasteiger partial charge in [0.05, 0.1) is 11.8 Å². The van der Waals surface area contributed by atoms with E-state index < -0.39 is 0 Å². The first-order valence-electron chi connectivity index (χ1n) is 9.57. The number of para-hydroxylation sites is 1. The van der Waals surface area contributed by atoms with Gasteiger partial charge in [-0.2, -0.15) is 0 Å². The Hall–Kier alpha value is -2.43. The molecule has 2 bridgehead atoms. The van der Waals surface area contributed by atoms with E-state index in [4.69, 9.17) is 0 Å². The normalized spacial score (nSPS) is 32.0. The Morgan fingerprint density at radius 2 is 1.69 bits per heavy atom. The van der Waals surface area contributed by atoms with Gasteiger partial charge < -0.3 is 4.90 Å². The quantitative estimate of drug-likeness (QED) is 0.607. The van der Waals surface area contributed by atoms with E-state index in [9.17, 15) is 14.4 Å². The Labute approximate surface area is 152 Å². The van der Waals surface area contributed by atoms with E-state index in [1.165, 1.54) is 4.90 Å². The number of fused-ring (bicyclic) bond motifs is 6. The first-order chi connectivity index (χ1) is 12.6. The molecule has 0 N–H and O–H groups in total. The second-order valence-corrected chi connectivity index (χ2v) is 7.89. The maximum atomic E-state index is 13.0. The van der Waals surface area contributed by atoms with Crippen LogP contribution >= 0.6 is 0 Å². The van der Waals surface area contributed by atoms with Crippen molar-refractivity contribution in [3.05, 3.63) is 42.0 Å². The molecule has 4 aliphatic rings. The molecule has 2 aliphatic heterocycles. The Morgan fingerprint density at radius 3 is 2.42 bits per heavy atom. The SMILES string of the molecule is O=C1[C@@H]2[C@@H](C(=O)N1CC(=O)N1CCCCc3ccccc31)[C@H]1C=C[C@H]2C1. The van der Waals surface area contributed by atoms with E-state index in [1.54, 1.807) is 4.90 Å². The molecule has 134 valence electrons. The minimum absolute atomic E-state index is 0.127. The van der Waals surface area contributed by atoms with Gasteiger partial charge in [0.1, 0.15) is 6.54 Å². The van der Waals surface area contributed by atoms with Gasteiger partial charge in [0, 0.05) is 12.2 Å². The first-order valence-corrected chi connectivity index (χ1v) is 9.57. The van der Waals surface area contributed by atoms with Crippen molar-refractivity contribution in [1.82, 2.24) is 4.90 Å². The minimum Gasteiger partial charge on any atom is -0.311 e. The Bertz CT molecular complexity index is 800. The average molecular weight is 350 g/mol. The molecular formula is C21H22N2O3. The summed E-state index contributed by atoms with van der Waals surface area (Å²) in [6.07, 6.45) is 8.00. The fraction of sp³-hybridized carbons (Fsp3) is 0.476. The number of carbonyl (C=O) groups excluding carboxylic acids is 3. The monoisotopic (exact) mass is 350 g/mol. The van der Waals surface area contributed by atoms with Crippen molar-refractivity contribution in [2.75, 3.05) is 18.0 Å². The van der Waals surface area contributed by atoms with Crippen LogP contribution < -0.4 is 4.90 Å². The number of anilines is 1. The lowest BCUT2D eigenvalue weighted by Gasteiger charge is -2.25. The number of benzene rings is 1. The van der Waals surface area contributed by atoms with Crippen molar-refractivity contribution in [3.63, 3.8) is 0 Å². The van der Waals surface area contributed by atoms with Gasteiger partial charge in [0.2, 0.25) is 17.7 Å². The van der Waals surface area contributed by atoms with E-state index in [1.807, 2.05) is 18.2 Å². The molecule has 0 unspecified atom stereocenters. The summed E-state index contributed by atoms with van der Waals surface area (Å²) in [6.45, 7) is 0.518. The number of rotatable bonds is 2. The van der Waals surface area contributed by atoms with Gasteiger partial charge in [0.25, 0.3) is 0 Å². The van der Waals surface area contributed by atoms with Crippen molar-refractivity contribution in [3.8, 4) is 0 Å². The number of allylic oxidation sites excluding steroid dienone is 2. The van der Waals surface area contributed by atoms with Gasteiger partial charge in [-0.15, -0.1) is 0 Å². The molecule has 26 heavy (non-hydrogen) atoms. The molecule has 1 saturated carbocycles. The van der Waals surface area contributed by atoms with Gasteiger partial charge >= 0.3 is 0 Å². The third-order valence-corrected chi connectivity index (χ3v) is 6.52. The molecule has 5 heteroatoms. The number of imide groups is 1. The van der Waals surface area contributed by atoms with Gasteiger partial charge in [-0.1, -0.05) is 30.4 Å². The number of likely N-dealkylation sites (tertiary alicyclic amines) is 1. The Kier molecular flexibility index (Phi) is 3.52. The standard InChI is InChI=1S/C21H22N2O3/c24-17(22-10-4-3-6-13-5-1-2-7-16(13)22)12-23-20(25)18-14-8-9-15(11-14)19(18)21(23)26/h1-2,5,7-9,14-15,18-19H,3-4,6,10-12H2/t14-,15-,18-,19-/m0/s1. The third-order valence-electron chi connectivity index (χ3n) is 6.52. The van der Waals surface area contributed by atoms with Crippen LogP contribution in [-0.4, -0.2) is 35.7 Å². The molecule has 2 heterocycles. The zero-order chi connectivity index (χ0) is 17.8. The Morgan fingerprint density at radius 1 is 1.00 bits per heavy atom. The zero-order valence-corrected chi connectivity index (χ0v) is 14.6. The first kappa shape index (κ1) is 15.8. The van der Waals surface area contributed by atoms with Crippen LogP contribution in [0.25, 0.3) is 0 Å². The van der Waals surface area contributed by atoms with Gasteiger partial charge in [-0.25, -0.2) is 0 Å². The summed E-state index contributed by atoms with van der Waals surface area (Å²) in [5.74, 6) is -0.549. The van der Waals surface area contributed by atoms with Crippen LogP contribution in [0.3, 0.4) is 0 Å². The zero-order valence-electron chi connectivity index (χ0n) is 14.6. The average Bonchev–Trinajstić information content (AvgIpc) is 3.27. The molecule has 0 aromatic heterocycles. The van der Waals surface area contributed by atoms with Crippen molar-refractivity contribution >= 4 is 23.4 Å². The fourth-order valence-corrected chi connectivity index (χ4v) is 5.29. The topological polar surface area (TPSA) is 57.7 Å². The van der Waals surface area contributed by atoms with Gasteiger partial charge in [-0.05, 0) is 49.1 Å². The van der Waals surface area contributed by atoms with Crippen LogP contribution in [0.4, 0.5) is 5.69 Å². The summed E-state index contributed by atoms with van der Waals surface area (Å²) in [7, 11) is 0. The van der Waals surface area contributed by atoms with Crippen LogP contribution in [0, 0.1) is 23.7 Å². The molecule has 0 radical (unpaired) electrons. The van der Waals surface area contributed by atoms with Crippen LogP contribution in [0.15, 0.2) is 36.4 Å². The summed E-state index contributed by atoms with van der Waals surface area (Å²) in [5, 5.41) is 0. The second-order valence-electron chi connectivity index (χ2n) is 7.89. The molecule has 1 aromatic carbocycles. The van der Waals surface area contributed by atoms with Crippen molar-refractivity contribution in [2.45, 2.75) is 25.7 Å². The molecule has 2 aliphatic carbocycles. The summed E-state index contributed by atoms with van der Waals surface area (Å²) in [5.41, 5.74) is 2.09. The molecule has 5 nitrogen and oxygen atoms in total. The largest absolute Gasteiger partial charge is 0.311 e. The number of hydrogen-bond donors (Lipinski definition) is 0. The van der Waals surface area contributed by atoms with E-state index in [2.05, 4.69) is 18.2 Å². The molecule has 0 spiro atoms. The van der Waals surface area contributed by atoms with Crippen molar-refractivity contribution < 1.29 is 14.4 Å². The predicted octanol–water partition coefficient (Wildman–Crippen LogP) is 2.16. The molecule has 2 fully saturated rings. The summed E-state index contributed by atoms with van der Waals surface area (Å²) in [6, 6.07) is 7.94. The maximum Gasteiger partial charge on any atom is 0.247 e.